The number of hydrogen-bond donors (Lipinski definition) is 1. The molecule has 1 N–H and O–H groups in total. The summed E-state index contributed by atoms with van der Waals surface area (Å²) < 4.78 is 0. The number of non-ortho nitro benzene ring substituents is 1. The first kappa shape index (κ1) is 14.6. The molecule has 6 heteroatoms. The molecule has 0 amide bonds. The zero-order chi connectivity index (χ0) is 15.4. The summed E-state index contributed by atoms with van der Waals surface area (Å²) in [7, 11) is 0. The lowest BCUT2D eigenvalue weighted by Gasteiger charge is -2.04. The summed E-state index contributed by atoms with van der Waals surface area (Å²) >= 11 is 0. The minimum absolute atomic E-state index is 0.0449. The van der Waals surface area contributed by atoms with E-state index in [4.69, 9.17) is 0 Å². The summed E-state index contributed by atoms with van der Waals surface area (Å²) in [6.45, 7) is 3.89. The van der Waals surface area contributed by atoms with Gasteiger partial charge in [0.25, 0.3) is 11.2 Å². The van der Waals surface area contributed by atoms with Crippen LogP contribution in [0.3, 0.4) is 0 Å². The smallest absolute Gasteiger partial charge is 0.269 e. The van der Waals surface area contributed by atoms with E-state index in [1.165, 1.54) is 18.2 Å². The molecule has 0 aliphatic carbocycles. The molecule has 1 aromatic heterocycles. The van der Waals surface area contributed by atoms with E-state index < -0.39 is 4.92 Å². The highest BCUT2D eigenvalue weighted by molar-refractivity contribution is 5.68. The molecule has 0 spiro atoms. The average Bonchev–Trinajstić information content (AvgIpc) is 2.45. The molecule has 0 fully saturated rings. The van der Waals surface area contributed by atoms with Crippen LogP contribution >= 0.6 is 0 Å². The highest BCUT2D eigenvalue weighted by atomic mass is 16.6. The first-order chi connectivity index (χ1) is 9.95. The van der Waals surface area contributed by atoms with Gasteiger partial charge in [0, 0.05) is 24.1 Å². The molecule has 0 unspecified atom stereocenters. The van der Waals surface area contributed by atoms with Crippen molar-refractivity contribution in [1.29, 1.82) is 0 Å². The van der Waals surface area contributed by atoms with Gasteiger partial charge in [-0.1, -0.05) is 19.9 Å². The Morgan fingerprint density at radius 2 is 1.90 bits per heavy atom. The van der Waals surface area contributed by atoms with Crippen LogP contribution in [-0.2, 0) is 0 Å². The summed E-state index contributed by atoms with van der Waals surface area (Å²) in [5.74, 6) is 0.760. The number of benzene rings is 1. The normalized spacial score (nSPS) is 11.2. The number of nitrogens with one attached hydrogen (secondary N) is 1. The van der Waals surface area contributed by atoms with Gasteiger partial charge in [-0.05, 0) is 23.8 Å². The highest BCUT2D eigenvalue weighted by Gasteiger charge is 2.04. The first-order valence-electron chi connectivity index (χ1n) is 6.49. The summed E-state index contributed by atoms with van der Waals surface area (Å²) in [6, 6.07) is 7.57. The van der Waals surface area contributed by atoms with Crippen molar-refractivity contribution in [3.63, 3.8) is 0 Å². The molecular formula is C15H15N3O3. The third-order valence-corrected chi connectivity index (χ3v) is 2.88. The maximum Gasteiger partial charge on any atom is 0.269 e. The zero-order valence-electron chi connectivity index (χ0n) is 11.7. The summed E-state index contributed by atoms with van der Waals surface area (Å²) in [4.78, 5) is 28.7. The molecule has 108 valence electrons. The van der Waals surface area contributed by atoms with E-state index >= 15 is 0 Å². The minimum atomic E-state index is -0.444. The first-order valence-corrected chi connectivity index (χ1v) is 6.49. The van der Waals surface area contributed by atoms with Crippen molar-refractivity contribution in [1.82, 2.24) is 9.97 Å². The second kappa shape index (κ2) is 6.13. The fourth-order valence-corrected chi connectivity index (χ4v) is 1.74. The Morgan fingerprint density at radius 3 is 2.48 bits per heavy atom. The van der Waals surface area contributed by atoms with Gasteiger partial charge in [0.2, 0.25) is 0 Å². The van der Waals surface area contributed by atoms with Gasteiger partial charge in [-0.3, -0.25) is 14.9 Å². The third kappa shape index (κ3) is 3.85. The molecule has 0 aliphatic heterocycles. The largest absolute Gasteiger partial charge is 0.310 e. The van der Waals surface area contributed by atoms with Gasteiger partial charge in [0.05, 0.1) is 10.6 Å². The topological polar surface area (TPSA) is 88.9 Å². The average molecular weight is 285 g/mol. The van der Waals surface area contributed by atoms with Crippen LogP contribution in [0.15, 0.2) is 35.1 Å². The van der Waals surface area contributed by atoms with Crippen LogP contribution in [0.2, 0.25) is 0 Å². The lowest BCUT2D eigenvalue weighted by molar-refractivity contribution is -0.384. The van der Waals surface area contributed by atoms with Gasteiger partial charge < -0.3 is 4.98 Å². The van der Waals surface area contributed by atoms with Crippen LogP contribution in [0.1, 0.15) is 36.8 Å². The molecule has 0 saturated carbocycles. The number of nitro benzene ring substituents is 1. The quantitative estimate of drug-likeness (QED) is 0.690. The minimum Gasteiger partial charge on any atom is -0.310 e. The Hall–Kier alpha value is -2.76. The Bertz CT molecular complexity index is 731. The van der Waals surface area contributed by atoms with E-state index in [0.717, 1.165) is 5.56 Å². The van der Waals surface area contributed by atoms with Crippen molar-refractivity contribution in [3.05, 3.63) is 67.9 Å². The van der Waals surface area contributed by atoms with Crippen molar-refractivity contribution >= 4 is 17.8 Å². The van der Waals surface area contributed by atoms with E-state index in [1.807, 2.05) is 13.8 Å². The second-order valence-electron chi connectivity index (χ2n) is 4.89. The molecule has 6 nitrogen and oxygen atoms in total. The number of H-pyrrole nitrogens is 1. The van der Waals surface area contributed by atoms with Gasteiger partial charge in [-0.2, -0.15) is 0 Å². The summed E-state index contributed by atoms with van der Waals surface area (Å²) in [5, 5.41) is 10.6. The Morgan fingerprint density at radius 1 is 1.24 bits per heavy atom. The highest BCUT2D eigenvalue weighted by Crippen LogP contribution is 2.14. The van der Waals surface area contributed by atoms with E-state index in [9.17, 15) is 14.9 Å². The van der Waals surface area contributed by atoms with Gasteiger partial charge in [-0.25, -0.2) is 4.98 Å². The van der Waals surface area contributed by atoms with E-state index in [-0.39, 0.29) is 17.2 Å². The van der Waals surface area contributed by atoms with Crippen LogP contribution < -0.4 is 5.56 Å². The molecule has 1 heterocycles. The molecule has 1 aromatic carbocycles. The number of hydrogen-bond acceptors (Lipinski definition) is 4. The number of aromatic amines is 1. The Balaban J connectivity index is 2.24. The molecule has 0 atom stereocenters. The van der Waals surface area contributed by atoms with Crippen molar-refractivity contribution in [3.8, 4) is 0 Å². The van der Waals surface area contributed by atoms with Gasteiger partial charge in [-0.15, -0.1) is 0 Å². The Labute approximate surface area is 121 Å². The summed E-state index contributed by atoms with van der Waals surface area (Å²) in [6.07, 6.45) is 3.47. The molecule has 0 bridgehead atoms. The predicted molar refractivity (Wildman–Crippen MR) is 81.0 cm³/mol. The maximum absolute atomic E-state index is 11.5. The lowest BCUT2D eigenvalue weighted by Crippen LogP contribution is -2.12. The van der Waals surface area contributed by atoms with Crippen LogP contribution in [0.5, 0.6) is 0 Å². The van der Waals surface area contributed by atoms with Gasteiger partial charge in [0.1, 0.15) is 5.82 Å². The number of rotatable bonds is 4. The molecule has 0 aliphatic rings. The van der Waals surface area contributed by atoms with Crippen molar-refractivity contribution in [2.75, 3.05) is 0 Å². The molecule has 0 radical (unpaired) electrons. The van der Waals surface area contributed by atoms with E-state index in [2.05, 4.69) is 9.97 Å². The number of nitrogens with zero attached hydrogens (tertiary/aromatic N) is 2. The SMILES string of the molecule is CC(C)c1nc(/C=C/c2ccc([N+](=O)[O-])cc2)cc(=O)[nH]1. The van der Waals surface area contributed by atoms with Crippen molar-refractivity contribution in [2.24, 2.45) is 0 Å². The van der Waals surface area contributed by atoms with Crippen molar-refractivity contribution in [2.45, 2.75) is 19.8 Å². The van der Waals surface area contributed by atoms with E-state index in [1.54, 1.807) is 24.3 Å². The van der Waals surface area contributed by atoms with Gasteiger partial charge in [0.15, 0.2) is 0 Å². The molecule has 21 heavy (non-hydrogen) atoms. The maximum atomic E-state index is 11.5. The monoisotopic (exact) mass is 285 g/mol. The van der Waals surface area contributed by atoms with E-state index in [0.29, 0.717) is 11.5 Å². The Kier molecular flexibility index (Phi) is 4.27. The third-order valence-electron chi connectivity index (χ3n) is 2.88. The standard InChI is InChI=1S/C15H15N3O3/c1-10(2)15-16-12(9-14(19)17-15)6-3-11-4-7-13(8-5-11)18(20)21/h3-10H,1-2H3,(H,16,17,19)/b6-3+. The number of aromatic nitrogens is 2. The summed E-state index contributed by atoms with van der Waals surface area (Å²) in [5.41, 5.74) is 1.20. The predicted octanol–water partition coefficient (Wildman–Crippen LogP) is 2.97. The van der Waals surface area contributed by atoms with Crippen LogP contribution in [0.4, 0.5) is 5.69 Å². The zero-order valence-corrected chi connectivity index (χ0v) is 11.7. The van der Waals surface area contributed by atoms with Crippen LogP contribution in [-0.4, -0.2) is 14.9 Å². The molecule has 0 saturated heterocycles. The lowest BCUT2D eigenvalue weighted by atomic mass is 10.1. The second-order valence-corrected chi connectivity index (χ2v) is 4.89. The molecule has 2 rings (SSSR count). The fourth-order valence-electron chi connectivity index (χ4n) is 1.74. The van der Waals surface area contributed by atoms with Crippen LogP contribution in [0, 0.1) is 10.1 Å². The van der Waals surface area contributed by atoms with Crippen molar-refractivity contribution < 1.29 is 4.92 Å². The molecular weight excluding hydrogens is 270 g/mol. The molecule has 2 aromatic rings. The van der Waals surface area contributed by atoms with Gasteiger partial charge >= 0.3 is 0 Å². The number of nitro groups is 1. The van der Waals surface area contributed by atoms with Crippen LogP contribution in [0.25, 0.3) is 12.2 Å². The fraction of sp³-hybridized carbons (Fsp3) is 0.200.